The molecule has 2 aromatic rings. The lowest BCUT2D eigenvalue weighted by molar-refractivity contribution is -0.137. The maximum absolute atomic E-state index is 13.1. The summed E-state index contributed by atoms with van der Waals surface area (Å²) in [5.74, 6) is -0.608. The smallest absolute Gasteiger partial charge is 0.243 e. The van der Waals surface area contributed by atoms with E-state index in [4.69, 9.17) is 4.74 Å². The first-order valence-electron chi connectivity index (χ1n) is 9.99. The minimum absolute atomic E-state index is 0.126. The molecule has 7 nitrogen and oxygen atoms in total. The van der Waals surface area contributed by atoms with Crippen LogP contribution in [0, 0.1) is 11.7 Å². The molecule has 0 aliphatic heterocycles. The molecule has 8 heteroatoms. The van der Waals surface area contributed by atoms with Crippen LogP contribution in [-0.2, 0) is 20.9 Å². The maximum Gasteiger partial charge on any atom is 0.243 e. The van der Waals surface area contributed by atoms with Gasteiger partial charge in [0.25, 0.3) is 0 Å². The summed E-state index contributed by atoms with van der Waals surface area (Å²) in [6.45, 7) is 3.58. The van der Waals surface area contributed by atoms with Crippen molar-refractivity contribution in [1.29, 1.82) is 0 Å². The van der Waals surface area contributed by atoms with Crippen LogP contribution in [0.3, 0.4) is 0 Å². The number of rotatable bonds is 10. The van der Waals surface area contributed by atoms with E-state index < -0.39 is 11.8 Å². The Kier molecular flexibility index (Phi) is 8.99. The quantitative estimate of drug-likeness (QED) is 0.608. The first kappa shape index (κ1) is 23.9. The molecule has 0 saturated carbocycles. The molecule has 0 radical (unpaired) electrons. The lowest BCUT2D eigenvalue weighted by Gasteiger charge is -2.23. The highest BCUT2D eigenvalue weighted by atomic mass is 19.1. The van der Waals surface area contributed by atoms with Gasteiger partial charge in [-0.2, -0.15) is 0 Å². The van der Waals surface area contributed by atoms with Gasteiger partial charge in [0, 0.05) is 18.7 Å². The van der Waals surface area contributed by atoms with Crippen LogP contribution < -0.4 is 15.4 Å². The Morgan fingerprint density at radius 1 is 1.00 bits per heavy atom. The molecule has 0 spiro atoms. The predicted octanol–water partition coefficient (Wildman–Crippen LogP) is 2.96. The second-order valence-electron chi connectivity index (χ2n) is 7.53. The monoisotopic (exact) mass is 429 g/mol. The fraction of sp³-hybridized carbons (Fsp3) is 0.348. The van der Waals surface area contributed by atoms with Gasteiger partial charge in [0.1, 0.15) is 11.6 Å². The van der Waals surface area contributed by atoms with Crippen LogP contribution in [0.15, 0.2) is 48.5 Å². The van der Waals surface area contributed by atoms with Crippen LogP contribution in [0.25, 0.3) is 0 Å². The van der Waals surface area contributed by atoms with Gasteiger partial charge in [0.2, 0.25) is 17.7 Å². The van der Waals surface area contributed by atoms with Crippen LogP contribution >= 0.6 is 0 Å². The molecule has 0 bridgehead atoms. The molecule has 0 saturated heterocycles. The summed E-state index contributed by atoms with van der Waals surface area (Å²) in [5.41, 5.74) is 1.29. The molecule has 0 aliphatic rings. The SMILES string of the molecule is COc1ccc(NC(=O)CNC(=O)CN(Cc2ccc(F)cc2)C(=O)CC(C)C)cc1. The van der Waals surface area contributed by atoms with E-state index in [0.717, 1.165) is 0 Å². The highest BCUT2D eigenvalue weighted by Gasteiger charge is 2.19. The Morgan fingerprint density at radius 3 is 2.23 bits per heavy atom. The van der Waals surface area contributed by atoms with Crippen molar-refractivity contribution >= 4 is 23.4 Å². The van der Waals surface area contributed by atoms with Crippen LogP contribution in [0.4, 0.5) is 10.1 Å². The number of halogens is 1. The number of anilines is 1. The number of methoxy groups -OCH3 is 1. The number of nitrogens with zero attached hydrogens (tertiary/aromatic N) is 1. The number of nitrogens with one attached hydrogen (secondary N) is 2. The Balaban J connectivity index is 1.91. The van der Waals surface area contributed by atoms with Gasteiger partial charge in [0.15, 0.2) is 0 Å². The van der Waals surface area contributed by atoms with E-state index in [1.165, 1.54) is 17.0 Å². The average Bonchev–Trinajstić information content (AvgIpc) is 2.73. The molecule has 2 rings (SSSR count). The van der Waals surface area contributed by atoms with E-state index in [9.17, 15) is 18.8 Å². The molecule has 31 heavy (non-hydrogen) atoms. The van der Waals surface area contributed by atoms with E-state index in [2.05, 4.69) is 10.6 Å². The fourth-order valence-corrected chi connectivity index (χ4v) is 2.81. The molecule has 0 aromatic heterocycles. The van der Waals surface area contributed by atoms with Crippen molar-refractivity contribution in [2.24, 2.45) is 5.92 Å². The third-order valence-electron chi connectivity index (χ3n) is 4.38. The molecule has 0 heterocycles. The highest BCUT2D eigenvalue weighted by Crippen LogP contribution is 2.15. The van der Waals surface area contributed by atoms with E-state index in [-0.39, 0.29) is 43.7 Å². The first-order valence-corrected chi connectivity index (χ1v) is 9.99. The van der Waals surface area contributed by atoms with Gasteiger partial charge in [-0.3, -0.25) is 14.4 Å². The number of hydrogen-bond acceptors (Lipinski definition) is 4. The zero-order valence-corrected chi connectivity index (χ0v) is 18.0. The summed E-state index contributed by atoms with van der Waals surface area (Å²) in [7, 11) is 1.55. The zero-order valence-electron chi connectivity index (χ0n) is 18.0. The number of hydrogen-bond donors (Lipinski definition) is 2. The molecule has 166 valence electrons. The van der Waals surface area contributed by atoms with Crippen LogP contribution in [0.5, 0.6) is 5.75 Å². The minimum Gasteiger partial charge on any atom is -0.497 e. The Bertz CT molecular complexity index is 883. The first-order chi connectivity index (χ1) is 14.8. The topological polar surface area (TPSA) is 87.7 Å². The van der Waals surface area contributed by atoms with Crippen molar-refractivity contribution in [3.05, 3.63) is 59.9 Å². The van der Waals surface area contributed by atoms with Gasteiger partial charge in [-0.05, 0) is 47.9 Å². The summed E-state index contributed by atoms with van der Waals surface area (Å²) in [6, 6.07) is 12.6. The molecule has 0 aliphatic carbocycles. The lowest BCUT2D eigenvalue weighted by Crippen LogP contribution is -2.42. The van der Waals surface area contributed by atoms with Gasteiger partial charge in [-0.15, -0.1) is 0 Å². The molecule has 0 atom stereocenters. The number of benzene rings is 2. The summed E-state index contributed by atoms with van der Waals surface area (Å²) in [6.07, 6.45) is 0.284. The summed E-state index contributed by atoms with van der Waals surface area (Å²) >= 11 is 0. The average molecular weight is 429 g/mol. The van der Waals surface area contributed by atoms with E-state index in [1.54, 1.807) is 43.5 Å². The number of ether oxygens (including phenoxy) is 1. The van der Waals surface area contributed by atoms with Crippen molar-refractivity contribution in [2.75, 3.05) is 25.5 Å². The van der Waals surface area contributed by atoms with Crippen LogP contribution in [-0.4, -0.2) is 42.8 Å². The molecular formula is C23H28FN3O4. The van der Waals surface area contributed by atoms with Crippen molar-refractivity contribution in [1.82, 2.24) is 10.2 Å². The molecular weight excluding hydrogens is 401 g/mol. The van der Waals surface area contributed by atoms with Crippen molar-refractivity contribution < 1.29 is 23.5 Å². The van der Waals surface area contributed by atoms with Gasteiger partial charge in [-0.25, -0.2) is 4.39 Å². The number of carbonyl (C=O) groups is 3. The minimum atomic E-state index is -0.455. The van der Waals surface area contributed by atoms with Gasteiger partial charge >= 0.3 is 0 Å². The molecule has 0 unspecified atom stereocenters. The van der Waals surface area contributed by atoms with Crippen molar-refractivity contribution in [2.45, 2.75) is 26.8 Å². The van der Waals surface area contributed by atoms with Gasteiger partial charge in [0.05, 0.1) is 20.2 Å². The largest absolute Gasteiger partial charge is 0.497 e. The third kappa shape index (κ3) is 8.46. The molecule has 0 fully saturated rings. The second-order valence-corrected chi connectivity index (χ2v) is 7.53. The van der Waals surface area contributed by atoms with Gasteiger partial charge < -0.3 is 20.3 Å². The molecule has 3 amide bonds. The summed E-state index contributed by atoms with van der Waals surface area (Å²) < 4.78 is 18.2. The van der Waals surface area contributed by atoms with Gasteiger partial charge in [-0.1, -0.05) is 26.0 Å². The zero-order chi connectivity index (χ0) is 22.8. The Morgan fingerprint density at radius 2 is 1.65 bits per heavy atom. The standard InChI is InChI=1S/C23H28FN3O4/c1-16(2)12-23(30)27(14-17-4-6-18(24)7-5-17)15-22(29)25-13-21(28)26-19-8-10-20(31-3)11-9-19/h4-11,16H,12-15H2,1-3H3,(H,25,29)(H,26,28). The van der Waals surface area contributed by atoms with Crippen molar-refractivity contribution in [3.63, 3.8) is 0 Å². The molecule has 2 aromatic carbocycles. The third-order valence-corrected chi connectivity index (χ3v) is 4.38. The second kappa shape index (κ2) is 11.7. The number of carbonyl (C=O) groups excluding carboxylic acids is 3. The molecule has 2 N–H and O–H groups in total. The lowest BCUT2D eigenvalue weighted by atomic mass is 10.1. The van der Waals surface area contributed by atoms with Crippen LogP contribution in [0.1, 0.15) is 25.8 Å². The van der Waals surface area contributed by atoms with Crippen molar-refractivity contribution in [3.8, 4) is 5.75 Å². The van der Waals surface area contributed by atoms with Crippen LogP contribution in [0.2, 0.25) is 0 Å². The normalized spacial score (nSPS) is 10.5. The van der Waals surface area contributed by atoms with E-state index in [1.807, 2.05) is 13.8 Å². The highest BCUT2D eigenvalue weighted by molar-refractivity contribution is 5.95. The summed E-state index contributed by atoms with van der Waals surface area (Å²) in [5, 5.41) is 5.20. The fourth-order valence-electron chi connectivity index (χ4n) is 2.81. The Labute approximate surface area is 181 Å². The van der Waals surface area contributed by atoms with E-state index >= 15 is 0 Å². The summed E-state index contributed by atoms with van der Waals surface area (Å²) in [4.78, 5) is 38.4. The maximum atomic E-state index is 13.1. The number of amides is 3. The Hall–Kier alpha value is -3.42. The predicted molar refractivity (Wildman–Crippen MR) is 116 cm³/mol. The van der Waals surface area contributed by atoms with E-state index in [0.29, 0.717) is 17.0 Å².